The lowest BCUT2D eigenvalue weighted by Gasteiger charge is -2.20. The van der Waals surface area contributed by atoms with E-state index in [-0.39, 0.29) is 18.4 Å². The van der Waals surface area contributed by atoms with E-state index in [0.29, 0.717) is 12.1 Å². The van der Waals surface area contributed by atoms with Gasteiger partial charge in [-0.15, -0.1) is 0 Å². The molecular weight excluding hydrogens is 284 g/mol. The van der Waals surface area contributed by atoms with Gasteiger partial charge in [-0.05, 0) is 30.2 Å². The molecule has 6 heteroatoms. The maximum absolute atomic E-state index is 12.4. The number of hydrogen-bond donors (Lipinski definition) is 1. The molecule has 0 saturated heterocycles. The first kappa shape index (κ1) is 16.0. The minimum Gasteiger partial charge on any atom is -0.481 e. The minimum atomic E-state index is -0.925. The molecule has 1 aliphatic heterocycles. The lowest BCUT2D eigenvalue weighted by Crippen LogP contribution is -2.33. The molecule has 1 atom stereocenters. The largest absolute Gasteiger partial charge is 0.481 e. The van der Waals surface area contributed by atoms with Crippen molar-refractivity contribution < 1.29 is 19.5 Å². The number of rotatable bonds is 4. The molecule has 1 aromatic rings. The number of carbonyl (C=O) groups is 3. The van der Waals surface area contributed by atoms with Gasteiger partial charge in [0.05, 0.1) is 5.92 Å². The molecule has 0 spiro atoms. The Morgan fingerprint density at radius 2 is 2.05 bits per heavy atom. The van der Waals surface area contributed by atoms with Crippen molar-refractivity contribution in [1.29, 1.82) is 0 Å². The molecule has 2 amide bonds. The Morgan fingerprint density at radius 3 is 2.64 bits per heavy atom. The van der Waals surface area contributed by atoms with Gasteiger partial charge >= 0.3 is 5.97 Å². The van der Waals surface area contributed by atoms with Crippen LogP contribution in [0.1, 0.15) is 29.8 Å². The Morgan fingerprint density at radius 1 is 1.36 bits per heavy atom. The van der Waals surface area contributed by atoms with Gasteiger partial charge in [-0.25, -0.2) is 0 Å². The number of carboxylic acid groups (broad SMARTS) is 1. The molecule has 0 radical (unpaired) electrons. The first-order chi connectivity index (χ1) is 10.3. The highest BCUT2D eigenvalue weighted by Crippen LogP contribution is 2.29. The standard InChI is InChI=1S/C16H20N2O4/c1-10(16(21)22)9-17(3)15(20)13-4-5-14-12(8-13)6-7-18(14)11(2)19/h4-5,8,10H,6-7,9H2,1-3H3,(H,21,22). The molecule has 0 aromatic heterocycles. The fourth-order valence-electron chi connectivity index (χ4n) is 2.65. The Bertz CT molecular complexity index is 627. The number of anilines is 1. The number of amides is 2. The highest BCUT2D eigenvalue weighted by molar-refractivity contribution is 5.97. The van der Waals surface area contributed by atoms with Gasteiger partial charge in [0.25, 0.3) is 5.91 Å². The van der Waals surface area contributed by atoms with Crippen LogP contribution in [0.3, 0.4) is 0 Å². The van der Waals surface area contributed by atoms with Gasteiger partial charge in [-0.2, -0.15) is 0 Å². The van der Waals surface area contributed by atoms with E-state index in [1.54, 1.807) is 37.1 Å². The summed E-state index contributed by atoms with van der Waals surface area (Å²) in [5, 5.41) is 8.92. The van der Waals surface area contributed by atoms with Crippen LogP contribution in [-0.4, -0.2) is 47.9 Å². The average Bonchev–Trinajstić information content (AvgIpc) is 2.89. The van der Waals surface area contributed by atoms with Crippen molar-refractivity contribution in [2.24, 2.45) is 5.92 Å². The van der Waals surface area contributed by atoms with Gasteiger partial charge < -0.3 is 14.9 Å². The molecule has 1 aromatic carbocycles. The zero-order valence-electron chi connectivity index (χ0n) is 13.0. The van der Waals surface area contributed by atoms with Crippen molar-refractivity contribution in [2.45, 2.75) is 20.3 Å². The first-order valence-corrected chi connectivity index (χ1v) is 7.20. The highest BCUT2D eigenvalue weighted by atomic mass is 16.4. The van der Waals surface area contributed by atoms with Crippen LogP contribution in [-0.2, 0) is 16.0 Å². The van der Waals surface area contributed by atoms with Crippen molar-refractivity contribution in [3.63, 3.8) is 0 Å². The quantitative estimate of drug-likeness (QED) is 0.912. The number of carbonyl (C=O) groups excluding carboxylic acids is 2. The molecule has 0 saturated carbocycles. The van der Waals surface area contributed by atoms with E-state index in [1.165, 1.54) is 11.8 Å². The molecular formula is C16H20N2O4. The lowest BCUT2D eigenvalue weighted by atomic mass is 10.1. The van der Waals surface area contributed by atoms with Gasteiger partial charge in [0.2, 0.25) is 5.91 Å². The SMILES string of the molecule is CC(=O)N1CCc2cc(C(=O)N(C)CC(C)C(=O)O)ccc21. The summed E-state index contributed by atoms with van der Waals surface area (Å²) in [6.07, 6.45) is 0.727. The minimum absolute atomic E-state index is 0.00905. The second kappa shape index (κ2) is 6.17. The highest BCUT2D eigenvalue weighted by Gasteiger charge is 2.24. The van der Waals surface area contributed by atoms with Gasteiger partial charge in [0.15, 0.2) is 0 Å². The monoisotopic (exact) mass is 304 g/mol. The zero-order valence-corrected chi connectivity index (χ0v) is 13.0. The summed E-state index contributed by atoms with van der Waals surface area (Å²) in [4.78, 5) is 37.9. The van der Waals surface area contributed by atoms with Crippen LogP contribution in [0.2, 0.25) is 0 Å². The second-order valence-corrected chi connectivity index (χ2v) is 5.69. The fourth-order valence-corrected chi connectivity index (χ4v) is 2.65. The van der Waals surface area contributed by atoms with E-state index in [4.69, 9.17) is 5.11 Å². The van der Waals surface area contributed by atoms with Crippen LogP contribution in [0.15, 0.2) is 18.2 Å². The zero-order chi connectivity index (χ0) is 16.4. The van der Waals surface area contributed by atoms with E-state index in [0.717, 1.165) is 17.7 Å². The van der Waals surface area contributed by atoms with Gasteiger partial charge in [-0.1, -0.05) is 6.92 Å². The van der Waals surface area contributed by atoms with Crippen LogP contribution in [0.4, 0.5) is 5.69 Å². The number of hydrogen-bond acceptors (Lipinski definition) is 3. The van der Waals surface area contributed by atoms with Crippen molar-refractivity contribution in [2.75, 3.05) is 25.0 Å². The maximum atomic E-state index is 12.4. The van der Waals surface area contributed by atoms with Gasteiger partial charge in [-0.3, -0.25) is 14.4 Å². The number of nitrogens with zero attached hydrogens (tertiary/aromatic N) is 2. The van der Waals surface area contributed by atoms with Crippen LogP contribution < -0.4 is 4.90 Å². The molecule has 0 bridgehead atoms. The number of carboxylic acids is 1. The summed E-state index contributed by atoms with van der Waals surface area (Å²) in [6, 6.07) is 5.26. The Kier molecular flexibility index (Phi) is 4.49. The maximum Gasteiger partial charge on any atom is 0.308 e. The molecule has 6 nitrogen and oxygen atoms in total. The van der Waals surface area contributed by atoms with Gasteiger partial charge in [0, 0.05) is 38.3 Å². The molecule has 1 aliphatic rings. The predicted molar refractivity (Wildman–Crippen MR) is 81.9 cm³/mol. The van der Waals surface area contributed by atoms with Crippen molar-refractivity contribution in [3.8, 4) is 0 Å². The summed E-state index contributed by atoms with van der Waals surface area (Å²) in [6.45, 7) is 3.88. The van der Waals surface area contributed by atoms with E-state index in [9.17, 15) is 14.4 Å². The summed E-state index contributed by atoms with van der Waals surface area (Å²) < 4.78 is 0. The van der Waals surface area contributed by atoms with E-state index >= 15 is 0 Å². The predicted octanol–water partition coefficient (Wildman–Crippen LogP) is 1.39. The molecule has 22 heavy (non-hydrogen) atoms. The topological polar surface area (TPSA) is 77.9 Å². The normalized spacial score (nSPS) is 14.4. The summed E-state index contributed by atoms with van der Waals surface area (Å²) in [5.41, 5.74) is 2.34. The van der Waals surface area contributed by atoms with E-state index < -0.39 is 11.9 Å². The molecule has 0 fully saturated rings. The molecule has 118 valence electrons. The fraction of sp³-hybridized carbons (Fsp3) is 0.438. The van der Waals surface area contributed by atoms with Gasteiger partial charge in [0.1, 0.15) is 0 Å². The Balaban J connectivity index is 2.15. The summed E-state index contributed by atoms with van der Waals surface area (Å²) in [7, 11) is 1.59. The van der Waals surface area contributed by atoms with Crippen LogP contribution in [0, 0.1) is 5.92 Å². The van der Waals surface area contributed by atoms with Crippen molar-refractivity contribution >= 4 is 23.5 Å². The molecule has 1 N–H and O–H groups in total. The number of aliphatic carboxylic acids is 1. The molecule has 0 aliphatic carbocycles. The second-order valence-electron chi connectivity index (χ2n) is 5.69. The third-order valence-electron chi connectivity index (χ3n) is 3.92. The average molecular weight is 304 g/mol. The summed E-state index contributed by atoms with van der Waals surface area (Å²) in [5.74, 6) is -1.76. The third-order valence-corrected chi connectivity index (χ3v) is 3.92. The molecule has 1 unspecified atom stereocenters. The molecule has 1 heterocycles. The van der Waals surface area contributed by atoms with Crippen LogP contribution in [0.25, 0.3) is 0 Å². The summed E-state index contributed by atoms with van der Waals surface area (Å²) >= 11 is 0. The number of benzene rings is 1. The van der Waals surface area contributed by atoms with E-state index in [2.05, 4.69) is 0 Å². The number of fused-ring (bicyclic) bond motifs is 1. The lowest BCUT2D eigenvalue weighted by molar-refractivity contribution is -0.141. The smallest absolute Gasteiger partial charge is 0.308 e. The molecule has 2 rings (SSSR count). The van der Waals surface area contributed by atoms with Crippen molar-refractivity contribution in [1.82, 2.24) is 4.90 Å². The van der Waals surface area contributed by atoms with E-state index in [1.807, 2.05) is 0 Å². The third kappa shape index (κ3) is 3.10. The first-order valence-electron chi connectivity index (χ1n) is 7.20. The van der Waals surface area contributed by atoms with Crippen LogP contribution >= 0.6 is 0 Å². The van der Waals surface area contributed by atoms with Crippen molar-refractivity contribution in [3.05, 3.63) is 29.3 Å². The Labute approximate surface area is 129 Å². The Hall–Kier alpha value is -2.37. The van der Waals surface area contributed by atoms with Crippen LogP contribution in [0.5, 0.6) is 0 Å².